The molecule has 0 spiro atoms. The van der Waals surface area contributed by atoms with Crippen LogP contribution in [0.5, 0.6) is 0 Å². The van der Waals surface area contributed by atoms with Crippen molar-refractivity contribution in [2.75, 3.05) is 0 Å². The fourth-order valence-electron chi connectivity index (χ4n) is 0.681. The van der Waals surface area contributed by atoms with Crippen molar-refractivity contribution >= 4 is 56.1 Å². The van der Waals surface area contributed by atoms with Gasteiger partial charge >= 0.3 is 0 Å². The molecule has 0 radical (unpaired) electrons. The normalized spacial score (nSPS) is 11.5. The maximum Gasteiger partial charge on any atom is 0.240 e. The molecule has 0 saturated heterocycles. The summed E-state index contributed by atoms with van der Waals surface area (Å²) in [6.07, 6.45) is 0. The summed E-state index contributed by atoms with van der Waals surface area (Å²) >= 11 is 7.01. The molecule has 2 nitrogen and oxygen atoms in total. The number of hydrogen-bond acceptors (Lipinski definition) is 5. The zero-order valence-electron chi connectivity index (χ0n) is 6.18. The van der Waals surface area contributed by atoms with Crippen LogP contribution in [0.1, 0.15) is 0 Å². The lowest BCUT2D eigenvalue weighted by Crippen LogP contribution is -1.91. The van der Waals surface area contributed by atoms with Crippen LogP contribution in [0.2, 0.25) is 0 Å². The van der Waals surface area contributed by atoms with Crippen LogP contribution in [-0.2, 0) is 8.87 Å². The van der Waals surface area contributed by atoms with Gasteiger partial charge in [-0.25, -0.2) is 8.42 Å². The fraction of sp³-hybridized carbons (Fsp3) is 0. The Morgan fingerprint density at radius 1 is 1.23 bits per heavy atom. The van der Waals surface area contributed by atoms with Crippen LogP contribution >= 0.6 is 47.2 Å². The minimum atomic E-state index is -3.24. The summed E-state index contributed by atoms with van der Waals surface area (Å²) < 4.78 is 23.7. The van der Waals surface area contributed by atoms with Gasteiger partial charge in [0.25, 0.3) is 0 Å². The van der Waals surface area contributed by atoms with Crippen LogP contribution in [0.15, 0.2) is 33.6 Å². The molecular weight excluding hydrogens is 312 g/mol. The van der Waals surface area contributed by atoms with Crippen LogP contribution in [0, 0.1) is 0 Å². The molecule has 0 aromatic heterocycles. The highest BCUT2D eigenvalue weighted by atomic mass is 79.9. The first-order valence-corrected chi connectivity index (χ1v) is 9.06. The van der Waals surface area contributed by atoms with Crippen molar-refractivity contribution in [2.45, 2.75) is 4.90 Å². The lowest BCUT2D eigenvalue weighted by molar-refractivity contribution is 0.611. The third-order valence-electron chi connectivity index (χ3n) is 1.22. The summed E-state index contributed by atoms with van der Waals surface area (Å²) in [6.45, 7) is 0. The Morgan fingerprint density at radius 3 is 2.23 bits per heavy atom. The van der Waals surface area contributed by atoms with Crippen molar-refractivity contribution in [2.24, 2.45) is 0 Å². The monoisotopic (exact) mass is 316 g/mol. The van der Waals surface area contributed by atoms with Crippen LogP contribution in [0.3, 0.4) is 0 Å². The average Bonchev–Trinajstić information content (AvgIpc) is 2.05. The van der Waals surface area contributed by atoms with Gasteiger partial charge in [0.1, 0.15) is 0 Å². The van der Waals surface area contributed by atoms with Gasteiger partial charge in [0.15, 0.2) is 0 Å². The third kappa shape index (κ3) is 3.39. The molecule has 13 heavy (non-hydrogen) atoms. The molecule has 0 bridgehead atoms. The van der Waals surface area contributed by atoms with Crippen molar-refractivity contribution in [1.29, 1.82) is 0 Å². The summed E-state index contributed by atoms with van der Waals surface area (Å²) in [5, 5.41) is 0. The van der Waals surface area contributed by atoms with Gasteiger partial charge in [-0.2, -0.15) is 0 Å². The Kier molecular flexibility index (Phi) is 4.50. The number of rotatable bonds is 3. The largest absolute Gasteiger partial charge is 0.240 e. The average molecular weight is 317 g/mol. The topological polar surface area (TPSA) is 34.1 Å². The minimum Gasteiger partial charge on any atom is -0.211 e. The van der Waals surface area contributed by atoms with Gasteiger partial charge in [-0.05, 0) is 34.1 Å². The molecule has 1 aromatic carbocycles. The highest BCUT2D eigenvalue weighted by Gasteiger charge is 2.14. The molecule has 7 heteroatoms. The Morgan fingerprint density at radius 2 is 1.77 bits per heavy atom. The second-order valence-corrected chi connectivity index (χ2v) is 9.37. The van der Waals surface area contributed by atoms with E-state index in [1.165, 1.54) is 0 Å². The van der Waals surface area contributed by atoms with Gasteiger partial charge < -0.3 is 0 Å². The molecule has 1 aromatic rings. The Hall–Kier alpha value is 0.700. The van der Waals surface area contributed by atoms with Crippen molar-refractivity contribution in [3.05, 3.63) is 28.7 Å². The van der Waals surface area contributed by atoms with Crippen molar-refractivity contribution in [3.8, 4) is 0 Å². The molecule has 0 fully saturated rings. The highest BCUT2D eigenvalue weighted by Crippen LogP contribution is 2.36. The van der Waals surface area contributed by atoms with Crippen LogP contribution in [0.25, 0.3) is 0 Å². The molecule has 0 unspecified atom stereocenters. The zero-order valence-corrected chi connectivity index (χ0v) is 11.1. The molecule has 0 N–H and O–H groups in total. The van der Waals surface area contributed by atoms with E-state index in [4.69, 9.17) is 0 Å². The van der Waals surface area contributed by atoms with E-state index < -0.39 is 8.87 Å². The predicted molar refractivity (Wildman–Crippen MR) is 65.5 cm³/mol. The molecule has 0 aliphatic heterocycles. The molecule has 0 atom stereocenters. The number of halogens is 1. The van der Waals surface area contributed by atoms with Crippen molar-refractivity contribution < 1.29 is 8.42 Å². The first-order chi connectivity index (χ1) is 6.06. The van der Waals surface area contributed by atoms with Gasteiger partial charge in [-0.15, -0.1) is 0 Å². The molecule has 1 rings (SSSR count). The molecule has 0 aliphatic carbocycles. The van der Waals surface area contributed by atoms with E-state index in [1.807, 2.05) is 0 Å². The molecule has 0 amide bonds. The second kappa shape index (κ2) is 4.97. The first-order valence-electron chi connectivity index (χ1n) is 3.06. The fourth-order valence-corrected chi connectivity index (χ4v) is 5.97. The Balaban J connectivity index is 3.02. The quantitative estimate of drug-likeness (QED) is 0.685. The van der Waals surface area contributed by atoms with Crippen LogP contribution in [0.4, 0.5) is 0 Å². The summed E-state index contributed by atoms with van der Waals surface area (Å²) in [5.41, 5.74) is 0. The summed E-state index contributed by atoms with van der Waals surface area (Å²) in [5.74, 6) is 0. The summed E-state index contributed by atoms with van der Waals surface area (Å²) in [7, 11) is -1.60. The lowest BCUT2D eigenvalue weighted by atomic mass is 10.4. The van der Waals surface area contributed by atoms with Gasteiger partial charge in [0, 0.05) is 4.47 Å². The van der Waals surface area contributed by atoms with E-state index in [9.17, 15) is 8.42 Å². The Bertz CT molecular complexity index is 372. The molecule has 72 valence electrons. The number of benzene rings is 1. The predicted octanol–water partition coefficient (Wildman–Crippen LogP) is 3.36. The van der Waals surface area contributed by atoms with Gasteiger partial charge in [-0.3, -0.25) is 0 Å². The molecule has 0 aliphatic rings. The third-order valence-corrected chi connectivity index (χ3v) is 7.94. The van der Waals surface area contributed by atoms with Crippen molar-refractivity contribution in [3.63, 3.8) is 0 Å². The Labute approximate surface area is 97.5 Å². The summed E-state index contributed by atoms with van der Waals surface area (Å²) in [6, 6.07) is 6.49. The van der Waals surface area contributed by atoms with Gasteiger partial charge in [0.2, 0.25) is 8.87 Å². The van der Waals surface area contributed by atoms with Gasteiger partial charge in [0.05, 0.1) is 14.7 Å². The van der Waals surface area contributed by atoms with Crippen LogP contribution in [-0.4, -0.2) is 8.42 Å². The van der Waals surface area contributed by atoms with E-state index in [-0.39, 0.29) is 0 Å². The minimum absolute atomic E-state index is 0.294. The smallest absolute Gasteiger partial charge is 0.211 e. The molecular formula is C6H5BrO2S4. The van der Waals surface area contributed by atoms with E-state index in [2.05, 4.69) is 27.6 Å². The van der Waals surface area contributed by atoms with E-state index >= 15 is 0 Å². The number of thiol groups is 1. The standard InChI is InChI=1S/C6H5BrO2S4/c7-5-1-3-6(4-2-5)13(8,9)12-11-10/h1-4,10H. The number of hydrogen-bond donors (Lipinski definition) is 1. The van der Waals surface area contributed by atoms with E-state index in [1.54, 1.807) is 24.3 Å². The maximum atomic E-state index is 11.4. The summed E-state index contributed by atoms with van der Waals surface area (Å²) in [4.78, 5) is 0.294. The lowest BCUT2D eigenvalue weighted by Gasteiger charge is -1.99. The second-order valence-electron chi connectivity index (χ2n) is 2.05. The van der Waals surface area contributed by atoms with Crippen molar-refractivity contribution in [1.82, 2.24) is 0 Å². The van der Waals surface area contributed by atoms with Gasteiger partial charge in [-0.1, -0.05) is 27.6 Å². The SMILES string of the molecule is O=S(=O)(SSS)c1ccc(Br)cc1. The molecule has 0 saturated carbocycles. The first kappa shape index (κ1) is 11.8. The molecule has 0 heterocycles. The zero-order chi connectivity index (χ0) is 9.90. The highest BCUT2D eigenvalue weighted by molar-refractivity contribution is 9.22. The van der Waals surface area contributed by atoms with E-state index in [0.717, 1.165) is 24.1 Å². The maximum absolute atomic E-state index is 11.4. The van der Waals surface area contributed by atoms with E-state index in [0.29, 0.717) is 4.90 Å². The van der Waals surface area contributed by atoms with Crippen LogP contribution < -0.4 is 0 Å².